The Kier molecular flexibility index (Phi) is 7.40. The predicted octanol–water partition coefficient (Wildman–Crippen LogP) is 3.76. The molecule has 1 aromatic rings. The average Bonchev–Trinajstić information content (AvgIpc) is 2.60. The molecule has 2 aliphatic carbocycles. The average molecular weight is 397 g/mol. The van der Waals surface area contributed by atoms with E-state index in [1.807, 2.05) is 26.0 Å². The number of hydrogen-bond donors (Lipinski definition) is 2. The van der Waals surface area contributed by atoms with E-state index < -0.39 is 0 Å². The Morgan fingerprint density at radius 2 is 1.70 bits per heavy atom. The number of carbonyl (C=O) groups is 1. The maximum Gasteiger partial charge on any atom is 0.223 e. The summed E-state index contributed by atoms with van der Waals surface area (Å²) in [5.41, 5.74) is 8.50. The number of rotatable bonds is 5. The van der Waals surface area contributed by atoms with Crippen LogP contribution in [-0.2, 0) is 4.79 Å². The number of aryl methyl sites for hydroxylation is 1. The van der Waals surface area contributed by atoms with Crippen molar-refractivity contribution in [2.24, 2.45) is 23.5 Å². The molecule has 0 radical (unpaired) electrons. The molecule has 0 heterocycles. The summed E-state index contributed by atoms with van der Waals surface area (Å²) in [4.78, 5) is 12.9. The molecule has 0 saturated heterocycles. The molecule has 6 heteroatoms. The summed E-state index contributed by atoms with van der Waals surface area (Å²) in [6.45, 7) is 4.06. The van der Waals surface area contributed by atoms with E-state index in [9.17, 15) is 4.79 Å². The molecule has 3 unspecified atom stereocenters. The van der Waals surface area contributed by atoms with Gasteiger partial charge in [-0.3, -0.25) is 4.79 Å². The highest BCUT2D eigenvalue weighted by molar-refractivity contribution is 5.85. The fraction of sp³-hybridized carbons (Fsp3) is 0.667. The number of benzene rings is 1. The van der Waals surface area contributed by atoms with Crippen LogP contribution in [0.4, 0.5) is 0 Å². The molecule has 2 fully saturated rings. The Morgan fingerprint density at radius 1 is 1.15 bits per heavy atom. The Hall–Kier alpha value is -1.46. The molecule has 1 aromatic carbocycles. The quantitative estimate of drug-likeness (QED) is 0.794. The van der Waals surface area contributed by atoms with E-state index in [-0.39, 0.29) is 30.3 Å². The minimum Gasteiger partial charge on any atom is -0.493 e. The molecule has 1 amide bonds. The smallest absolute Gasteiger partial charge is 0.223 e. The zero-order chi connectivity index (χ0) is 18.8. The summed E-state index contributed by atoms with van der Waals surface area (Å²) >= 11 is 0. The molecule has 3 atom stereocenters. The SMILES string of the molecule is COc1cc(C)c(C(C)NC(=O)C2CC3CCCC(C2)C3N)cc1OC.Cl. The van der Waals surface area contributed by atoms with Crippen molar-refractivity contribution in [3.63, 3.8) is 0 Å². The van der Waals surface area contributed by atoms with Crippen LogP contribution in [0, 0.1) is 24.7 Å². The van der Waals surface area contributed by atoms with Crippen LogP contribution in [0.3, 0.4) is 0 Å². The standard InChI is InChI=1S/C21H32N2O3.ClH/c1-12-8-18(25-3)19(26-4)11-17(12)13(2)23-21(24)16-9-14-6-5-7-15(10-16)20(14)22;/h8,11,13-16,20H,5-7,9-10,22H2,1-4H3,(H,23,24);1H. The first-order valence-electron chi connectivity index (χ1n) is 9.73. The van der Waals surface area contributed by atoms with E-state index in [1.165, 1.54) is 19.3 Å². The van der Waals surface area contributed by atoms with Gasteiger partial charge in [0.05, 0.1) is 20.3 Å². The van der Waals surface area contributed by atoms with Crippen LogP contribution in [0.2, 0.25) is 0 Å². The van der Waals surface area contributed by atoms with E-state index in [1.54, 1.807) is 14.2 Å². The van der Waals surface area contributed by atoms with Gasteiger partial charge in [-0.15, -0.1) is 12.4 Å². The molecule has 27 heavy (non-hydrogen) atoms. The molecule has 5 nitrogen and oxygen atoms in total. The Morgan fingerprint density at radius 3 is 2.26 bits per heavy atom. The highest BCUT2D eigenvalue weighted by Crippen LogP contribution is 2.42. The van der Waals surface area contributed by atoms with Gasteiger partial charge in [-0.2, -0.15) is 0 Å². The zero-order valence-electron chi connectivity index (χ0n) is 16.8. The number of halogens is 1. The minimum atomic E-state index is -0.0715. The highest BCUT2D eigenvalue weighted by atomic mass is 35.5. The molecule has 3 N–H and O–H groups in total. The fourth-order valence-corrected chi connectivity index (χ4v) is 4.88. The molecular weight excluding hydrogens is 364 g/mol. The van der Waals surface area contributed by atoms with Crippen molar-refractivity contribution in [3.8, 4) is 11.5 Å². The maximum absolute atomic E-state index is 12.9. The van der Waals surface area contributed by atoms with Crippen molar-refractivity contribution < 1.29 is 14.3 Å². The molecule has 152 valence electrons. The van der Waals surface area contributed by atoms with Crippen LogP contribution >= 0.6 is 12.4 Å². The number of methoxy groups -OCH3 is 2. The zero-order valence-corrected chi connectivity index (χ0v) is 17.6. The molecular formula is C21H33ClN2O3. The Bertz CT molecular complexity index is 653. The van der Waals surface area contributed by atoms with Crippen molar-refractivity contribution in [3.05, 3.63) is 23.3 Å². The molecule has 0 spiro atoms. The van der Waals surface area contributed by atoms with Crippen molar-refractivity contribution in [1.29, 1.82) is 0 Å². The fourth-order valence-electron chi connectivity index (χ4n) is 4.88. The van der Waals surface area contributed by atoms with Gasteiger partial charge < -0.3 is 20.5 Å². The van der Waals surface area contributed by atoms with Crippen LogP contribution in [-0.4, -0.2) is 26.2 Å². The molecule has 2 saturated carbocycles. The summed E-state index contributed by atoms with van der Waals surface area (Å²) in [6, 6.07) is 4.14. The van der Waals surface area contributed by atoms with E-state index in [2.05, 4.69) is 5.32 Å². The maximum atomic E-state index is 12.9. The van der Waals surface area contributed by atoms with E-state index in [0.29, 0.717) is 29.4 Å². The lowest BCUT2D eigenvalue weighted by Gasteiger charge is -2.43. The van der Waals surface area contributed by atoms with Crippen LogP contribution < -0.4 is 20.5 Å². The van der Waals surface area contributed by atoms with Crippen molar-refractivity contribution in [2.75, 3.05) is 14.2 Å². The van der Waals surface area contributed by atoms with Crippen LogP contribution in [0.15, 0.2) is 12.1 Å². The summed E-state index contributed by atoms with van der Waals surface area (Å²) < 4.78 is 10.8. The first-order valence-corrected chi connectivity index (χ1v) is 9.73. The minimum absolute atomic E-state index is 0. The summed E-state index contributed by atoms with van der Waals surface area (Å²) in [6.07, 6.45) is 5.47. The highest BCUT2D eigenvalue weighted by Gasteiger charge is 2.40. The first-order chi connectivity index (χ1) is 12.4. The van der Waals surface area contributed by atoms with Crippen LogP contribution in [0.25, 0.3) is 0 Å². The van der Waals surface area contributed by atoms with Gasteiger partial charge in [-0.1, -0.05) is 6.42 Å². The van der Waals surface area contributed by atoms with E-state index in [0.717, 1.165) is 24.0 Å². The van der Waals surface area contributed by atoms with Gasteiger partial charge >= 0.3 is 0 Å². The molecule has 0 aliphatic heterocycles. The molecule has 2 bridgehead atoms. The molecule has 3 rings (SSSR count). The van der Waals surface area contributed by atoms with Crippen LogP contribution in [0.1, 0.15) is 56.2 Å². The van der Waals surface area contributed by atoms with Gasteiger partial charge in [0.2, 0.25) is 5.91 Å². The van der Waals surface area contributed by atoms with Gasteiger partial charge in [-0.25, -0.2) is 0 Å². The van der Waals surface area contributed by atoms with E-state index >= 15 is 0 Å². The molecule has 0 aromatic heterocycles. The molecule has 2 aliphatic rings. The topological polar surface area (TPSA) is 73.6 Å². The van der Waals surface area contributed by atoms with Crippen molar-refractivity contribution in [1.82, 2.24) is 5.32 Å². The summed E-state index contributed by atoms with van der Waals surface area (Å²) in [5, 5.41) is 3.22. The van der Waals surface area contributed by atoms with Gasteiger partial charge in [0.1, 0.15) is 0 Å². The second-order valence-corrected chi connectivity index (χ2v) is 7.99. The summed E-state index contributed by atoms with van der Waals surface area (Å²) in [5.74, 6) is 2.67. The second kappa shape index (κ2) is 9.16. The third-order valence-electron chi connectivity index (χ3n) is 6.38. The third-order valence-corrected chi connectivity index (χ3v) is 6.38. The number of carbonyl (C=O) groups excluding carboxylic acids is 1. The van der Waals surface area contributed by atoms with Crippen molar-refractivity contribution in [2.45, 2.75) is 58.0 Å². The van der Waals surface area contributed by atoms with E-state index in [4.69, 9.17) is 15.2 Å². The van der Waals surface area contributed by atoms with Gasteiger partial charge in [-0.05, 0) is 74.6 Å². The number of nitrogens with one attached hydrogen (secondary N) is 1. The van der Waals surface area contributed by atoms with Crippen LogP contribution in [0.5, 0.6) is 11.5 Å². The second-order valence-electron chi connectivity index (χ2n) is 7.99. The third kappa shape index (κ3) is 4.52. The monoisotopic (exact) mass is 396 g/mol. The first kappa shape index (κ1) is 21.8. The lowest BCUT2D eigenvalue weighted by Crippen LogP contribution is -2.49. The predicted molar refractivity (Wildman–Crippen MR) is 110 cm³/mol. The van der Waals surface area contributed by atoms with Gasteiger partial charge in [0.25, 0.3) is 0 Å². The lowest BCUT2D eigenvalue weighted by atomic mass is 9.65. The summed E-state index contributed by atoms with van der Waals surface area (Å²) in [7, 11) is 3.26. The van der Waals surface area contributed by atoms with Gasteiger partial charge in [0.15, 0.2) is 11.5 Å². The number of nitrogens with two attached hydrogens (primary N) is 1. The van der Waals surface area contributed by atoms with Crippen molar-refractivity contribution >= 4 is 18.3 Å². The Balaban J connectivity index is 0.00000261. The lowest BCUT2D eigenvalue weighted by molar-refractivity contribution is -0.128. The largest absolute Gasteiger partial charge is 0.493 e. The number of amides is 1. The number of fused-ring (bicyclic) bond motifs is 2. The number of hydrogen-bond acceptors (Lipinski definition) is 4. The normalized spacial score (nSPS) is 27.9. The van der Waals surface area contributed by atoms with Gasteiger partial charge in [0, 0.05) is 12.0 Å². The Labute approximate surface area is 168 Å². The number of ether oxygens (including phenoxy) is 2.